The number of hydrogen-bond donors (Lipinski definition) is 4. The minimum atomic E-state index is -0.526. The number of aliphatic hydroxyl groups excluding tert-OH is 1. The lowest BCUT2D eigenvalue weighted by atomic mass is 10.2. The predicted octanol–water partition coefficient (Wildman–Crippen LogP) is -1.84. The van der Waals surface area contributed by atoms with Gasteiger partial charge < -0.3 is 21.1 Å². The summed E-state index contributed by atoms with van der Waals surface area (Å²) in [4.78, 5) is 21.9. The lowest BCUT2D eigenvalue weighted by molar-refractivity contribution is -0.123. The number of urea groups is 1. The molecule has 0 bridgehead atoms. The first-order valence-corrected chi connectivity index (χ1v) is 4.09. The van der Waals surface area contributed by atoms with Crippen molar-refractivity contribution >= 4 is 11.9 Å². The van der Waals surface area contributed by atoms with E-state index < -0.39 is 6.04 Å². The van der Waals surface area contributed by atoms with Gasteiger partial charge in [0.05, 0.1) is 6.61 Å². The summed E-state index contributed by atoms with van der Waals surface area (Å²) in [6, 6.07) is -1.15. The summed E-state index contributed by atoms with van der Waals surface area (Å²) in [5.74, 6) is -0.278. The molecular weight excluding hydrogens is 174 g/mol. The van der Waals surface area contributed by atoms with Crippen LogP contribution in [-0.4, -0.2) is 42.3 Å². The summed E-state index contributed by atoms with van der Waals surface area (Å²) < 4.78 is 0. The van der Waals surface area contributed by atoms with E-state index in [0.29, 0.717) is 6.54 Å². The maximum Gasteiger partial charge on any atom is 0.315 e. The van der Waals surface area contributed by atoms with E-state index in [9.17, 15) is 9.59 Å². The molecule has 2 atom stereocenters. The molecule has 0 aliphatic carbocycles. The minimum Gasteiger partial charge on any atom is -0.394 e. The Hall–Kier alpha value is -1.30. The van der Waals surface area contributed by atoms with Crippen molar-refractivity contribution in [3.63, 3.8) is 0 Å². The molecule has 1 saturated heterocycles. The Morgan fingerprint density at radius 2 is 2.54 bits per heavy atom. The van der Waals surface area contributed by atoms with E-state index in [0.717, 1.165) is 0 Å². The third-order valence-electron chi connectivity index (χ3n) is 1.75. The van der Waals surface area contributed by atoms with Crippen LogP contribution in [0.15, 0.2) is 0 Å². The molecule has 6 nitrogen and oxygen atoms in total. The lowest BCUT2D eigenvalue weighted by Crippen LogP contribution is -2.47. The Labute approximate surface area is 75.7 Å². The molecule has 3 amide bonds. The molecule has 1 unspecified atom stereocenters. The first kappa shape index (κ1) is 9.79. The molecule has 1 rings (SSSR count). The smallest absolute Gasteiger partial charge is 0.315 e. The van der Waals surface area contributed by atoms with Crippen molar-refractivity contribution in [2.45, 2.75) is 19.0 Å². The molecule has 1 aliphatic rings. The average molecular weight is 187 g/mol. The van der Waals surface area contributed by atoms with Crippen LogP contribution >= 0.6 is 0 Å². The van der Waals surface area contributed by atoms with Crippen LogP contribution < -0.4 is 16.0 Å². The van der Waals surface area contributed by atoms with Gasteiger partial charge in [0.25, 0.3) is 0 Å². The fourth-order valence-electron chi connectivity index (χ4n) is 1.00. The van der Waals surface area contributed by atoms with Gasteiger partial charge in [-0.25, -0.2) is 4.79 Å². The summed E-state index contributed by atoms with van der Waals surface area (Å²) in [7, 11) is 0. The number of carbonyl (C=O) groups is 2. The molecule has 13 heavy (non-hydrogen) atoms. The second-order valence-corrected chi connectivity index (χ2v) is 3.00. The van der Waals surface area contributed by atoms with E-state index in [4.69, 9.17) is 5.11 Å². The molecule has 74 valence electrons. The number of amides is 3. The van der Waals surface area contributed by atoms with Gasteiger partial charge >= 0.3 is 6.03 Å². The van der Waals surface area contributed by atoms with E-state index in [1.54, 1.807) is 6.92 Å². The van der Waals surface area contributed by atoms with Gasteiger partial charge in [-0.05, 0) is 6.92 Å². The monoisotopic (exact) mass is 187 g/mol. The normalized spacial score (nSPS) is 23.2. The average Bonchev–Trinajstić information content (AvgIpc) is 2.51. The summed E-state index contributed by atoms with van der Waals surface area (Å²) in [5, 5.41) is 16.1. The van der Waals surface area contributed by atoms with Gasteiger partial charge in [0.15, 0.2) is 0 Å². The number of aliphatic hydroxyl groups is 1. The van der Waals surface area contributed by atoms with Crippen LogP contribution in [0.3, 0.4) is 0 Å². The lowest BCUT2D eigenvalue weighted by Gasteiger charge is -2.13. The van der Waals surface area contributed by atoms with Crippen molar-refractivity contribution in [1.82, 2.24) is 16.0 Å². The highest BCUT2D eigenvalue weighted by Crippen LogP contribution is 1.91. The molecule has 4 N–H and O–H groups in total. The van der Waals surface area contributed by atoms with Gasteiger partial charge in [-0.3, -0.25) is 4.79 Å². The molecule has 6 heteroatoms. The molecule has 0 aromatic rings. The predicted molar refractivity (Wildman–Crippen MR) is 45.0 cm³/mol. The van der Waals surface area contributed by atoms with E-state index in [1.807, 2.05) is 0 Å². The van der Waals surface area contributed by atoms with Gasteiger partial charge in [0.1, 0.15) is 6.04 Å². The number of carbonyl (C=O) groups excluding carboxylic acids is 2. The Kier molecular flexibility index (Phi) is 3.07. The minimum absolute atomic E-state index is 0.111. The molecule has 0 radical (unpaired) electrons. The third kappa shape index (κ3) is 2.59. The van der Waals surface area contributed by atoms with Gasteiger partial charge in [0.2, 0.25) is 5.91 Å². The molecule has 0 aromatic heterocycles. The highest BCUT2D eigenvalue weighted by atomic mass is 16.3. The molecule has 1 fully saturated rings. The number of hydrogen-bond acceptors (Lipinski definition) is 3. The van der Waals surface area contributed by atoms with Gasteiger partial charge in [-0.2, -0.15) is 0 Å². The largest absolute Gasteiger partial charge is 0.394 e. The van der Waals surface area contributed by atoms with Crippen molar-refractivity contribution in [1.29, 1.82) is 0 Å². The molecule has 1 heterocycles. The van der Waals surface area contributed by atoms with Crippen molar-refractivity contribution in [2.24, 2.45) is 0 Å². The van der Waals surface area contributed by atoms with Crippen LogP contribution in [0.1, 0.15) is 6.92 Å². The quantitative estimate of drug-likeness (QED) is 0.418. The van der Waals surface area contributed by atoms with Crippen molar-refractivity contribution < 1.29 is 14.7 Å². The van der Waals surface area contributed by atoms with E-state index in [2.05, 4.69) is 16.0 Å². The van der Waals surface area contributed by atoms with E-state index in [1.165, 1.54) is 0 Å². The summed E-state index contributed by atoms with van der Waals surface area (Å²) in [6.45, 7) is 1.87. The van der Waals surface area contributed by atoms with E-state index in [-0.39, 0.29) is 24.6 Å². The van der Waals surface area contributed by atoms with Crippen LogP contribution in [0.2, 0.25) is 0 Å². The highest BCUT2D eigenvalue weighted by molar-refractivity contribution is 5.90. The number of rotatable bonds is 3. The Morgan fingerprint density at radius 3 is 3.00 bits per heavy atom. The zero-order chi connectivity index (χ0) is 9.84. The van der Waals surface area contributed by atoms with Crippen LogP contribution in [0, 0.1) is 0 Å². The first-order chi connectivity index (χ1) is 6.13. The fourth-order valence-corrected chi connectivity index (χ4v) is 1.00. The Balaban J connectivity index is 2.35. The summed E-state index contributed by atoms with van der Waals surface area (Å²) >= 11 is 0. The van der Waals surface area contributed by atoms with Crippen LogP contribution in [-0.2, 0) is 4.79 Å². The number of nitrogens with one attached hydrogen (secondary N) is 3. The molecular formula is C7H13N3O3. The fraction of sp³-hybridized carbons (Fsp3) is 0.714. The SMILES string of the molecule is CC(CO)NC(=O)[C@@H]1CNC(=O)N1. The van der Waals surface area contributed by atoms with Gasteiger partial charge in [-0.15, -0.1) is 0 Å². The van der Waals surface area contributed by atoms with Crippen LogP contribution in [0.4, 0.5) is 4.79 Å². The van der Waals surface area contributed by atoms with Crippen molar-refractivity contribution in [2.75, 3.05) is 13.2 Å². The maximum absolute atomic E-state index is 11.3. The summed E-state index contributed by atoms with van der Waals surface area (Å²) in [5.41, 5.74) is 0. The molecule has 0 spiro atoms. The zero-order valence-electron chi connectivity index (χ0n) is 7.33. The molecule has 1 aliphatic heterocycles. The topological polar surface area (TPSA) is 90.5 Å². The van der Waals surface area contributed by atoms with Crippen molar-refractivity contribution in [3.05, 3.63) is 0 Å². The first-order valence-electron chi connectivity index (χ1n) is 4.09. The van der Waals surface area contributed by atoms with Gasteiger partial charge in [0, 0.05) is 12.6 Å². The standard InChI is InChI=1S/C7H13N3O3/c1-4(3-11)9-6(12)5-2-8-7(13)10-5/h4-5,11H,2-3H2,1H3,(H,9,12)(H2,8,10,13)/t4?,5-/m0/s1. The van der Waals surface area contributed by atoms with Crippen LogP contribution in [0.25, 0.3) is 0 Å². The van der Waals surface area contributed by atoms with E-state index >= 15 is 0 Å². The van der Waals surface area contributed by atoms with Gasteiger partial charge in [-0.1, -0.05) is 0 Å². The Morgan fingerprint density at radius 1 is 1.85 bits per heavy atom. The highest BCUT2D eigenvalue weighted by Gasteiger charge is 2.26. The maximum atomic E-state index is 11.3. The zero-order valence-corrected chi connectivity index (χ0v) is 7.33. The van der Waals surface area contributed by atoms with Crippen LogP contribution in [0.5, 0.6) is 0 Å². The molecule has 0 aromatic carbocycles. The van der Waals surface area contributed by atoms with Crippen molar-refractivity contribution in [3.8, 4) is 0 Å². The second-order valence-electron chi connectivity index (χ2n) is 3.00. The third-order valence-corrected chi connectivity index (χ3v) is 1.75. The second kappa shape index (κ2) is 4.08. The summed E-state index contributed by atoms with van der Waals surface area (Å²) in [6.07, 6.45) is 0. The Bertz CT molecular complexity index is 219. The molecule has 0 saturated carbocycles.